The first-order chi connectivity index (χ1) is 9.38. The minimum atomic E-state index is -0.376. The van der Waals surface area contributed by atoms with Crippen LogP contribution < -0.4 is 5.32 Å². The zero-order valence-corrected chi connectivity index (χ0v) is 13.2. The number of hydrogen-bond acceptors (Lipinski definition) is 2. The first kappa shape index (κ1) is 15.3. The average Bonchev–Trinajstić information content (AvgIpc) is 2.74. The van der Waals surface area contributed by atoms with E-state index in [0.29, 0.717) is 17.5 Å². The van der Waals surface area contributed by atoms with Crippen LogP contribution in [0.2, 0.25) is 5.02 Å². The molecule has 0 saturated carbocycles. The Hall–Kier alpha value is -1.06. The van der Waals surface area contributed by atoms with E-state index in [0.717, 1.165) is 18.5 Å². The molecular weight excluding hydrogens is 272 g/mol. The van der Waals surface area contributed by atoms with Gasteiger partial charge in [0.25, 0.3) is 0 Å². The van der Waals surface area contributed by atoms with Crippen molar-refractivity contribution in [3.63, 3.8) is 0 Å². The Morgan fingerprint density at radius 3 is 2.60 bits per heavy atom. The Kier molecular flexibility index (Phi) is 4.71. The Bertz CT molecular complexity index is 470. The lowest BCUT2D eigenvalue weighted by Crippen LogP contribution is -2.43. The molecule has 0 aromatic heterocycles. The number of carbonyl (C=O) groups is 1. The fourth-order valence-electron chi connectivity index (χ4n) is 2.79. The van der Waals surface area contributed by atoms with Gasteiger partial charge < -0.3 is 10.2 Å². The molecule has 1 aromatic rings. The van der Waals surface area contributed by atoms with Crippen molar-refractivity contribution in [3.05, 3.63) is 34.9 Å². The van der Waals surface area contributed by atoms with E-state index < -0.39 is 0 Å². The number of likely N-dealkylation sites (tertiary alicyclic amines) is 1. The number of benzene rings is 1. The van der Waals surface area contributed by atoms with E-state index in [4.69, 9.17) is 11.6 Å². The molecule has 4 heteroatoms. The quantitative estimate of drug-likeness (QED) is 0.925. The Morgan fingerprint density at radius 1 is 1.40 bits per heavy atom. The number of hydrogen-bond donors (Lipinski definition) is 1. The van der Waals surface area contributed by atoms with Gasteiger partial charge in [-0.3, -0.25) is 4.79 Å². The van der Waals surface area contributed by atoms with Crippen molar-refractivity contribution in [2.45, 2.75) is 44.7 Å². The van der Waals surface area contributed by atoms with Crippen molar-refractivity contribution in [1.29, 1.82) is 0 Å². The van der Waals surface area contributed by atoms with Gasteiger partial charge in [-0.25, -0.2) is 0 Å². The standard InChI is InChI=1S/C16H23ClN2O/c1-16(2,12-6-8-13(17)9-7-12)18-15(20)11-14-5-4-10-19(14)3/h6-9,14H,4-5,10-11H2,1-3H3,(H,18,20)/t14-/m1/s1. The highest BCUT2D eigenvalue weighted by Gasteiger charge is 2.27. The lowest BCUT2D eigenvalue weighted by molar-refractivity contribution is -0.123. The van der Waals surface area contributed by atoms with Gasteiger partial charge in [-0.2, -0.15) is 0 Å². The third-order valence-electron chi connectivity index (χ3n) is 4.11. The molecule has 1 atom stereocenters. The summed E-state index contributed by atoms with van der Waals surface area (Å²) in [5, 5.41) is 3.84. The molecule has 20 heavy (non-hydrogen) atoms. The first-order valence-electron chi connectivity index (χ1n) is 7.16. The molecule has 0 spiro atoms. The van der Waals surface area contributed by atoms with Crippen molar-refractivity contribution >= 4 is 17.5 Å². The zero-order chi connectivity index (χ0) is 14.8. The zero-order valence-electron chi connectivity index (χ0n) is 12.4. The molecule has 0 bridgehead atoms. The summed E-state index contributed by atoms with van der Waals surface area (Å²) in [5.41, 5.74) is 0.689. The van der Waals surface area contributed by atoms with Crippen molar-refractivity contribution in [1.82, 2.24) is 10.2 Å². The summed E-state index contributed by atoms with van der Waals surface area (Å²) in [6, 6.07) is 8.02. The number of nitrogens with one attached hydrogen (secondary N) is 1. The molecule has 1 aliphatic heterocycles. The van der Waals surface area contributed by atoms with E-state index in [9.17, 15) is 4.79 Å². The molecule has 110 valence electrons. The van der Waals surface area contributed by atoms with Gasteiger partial charge in [0.1, 0.15) is 0 Å². The molecule has 0 radical (unpaired) electrons. The smallest absolute Gasteiger partial charge is 0.222 e. The van der Waals surface area contributed by atoms with Crippen molar-refractivity contribution in [2.75, 3.05) is 13.6 Å². The topological polar surface area (TPSA) is 32.3 Å². The van der Waals surface area contributed by atoms with Crippen LogP contribution >= 0.6 is 11.6 Å². The molecule has 3 nitrogen and oxygen atoms in total. The Balaban J connectivity index is 1.96. The predicted molar refractivity (Wildman–Crippen MR) is 82.9 cm³/mol. The SMILES string of the molecule is CN1CCC[C@@H]1CC(=O)NC(C)(C)c1ccc(Cl)cc1. The fraction of sp³-hybridized carbons (Fsp3) is 0.562. The number of amides is 1. The fourth-order valence-corrected chi connectivity index (χ4v) is 2.92. The first-order valence-corrected chi connectivity index (χ1v) is 7.53. The second kappa shape index (κ2) is 6.15. The second-order valence-corrected chi connectivity index (χ2v) is 6.60. The Labute approximate surface area is 126 Å². The molecule has 1 saturated heterocycles. The second-order valence-electron chi connectivity index (χ2n) is 6.16. The van der Waals surface area contributed by atoms with Gasteiger partial charge in [0.2, 0.25) is 5.91 Å². The van der Waals surface area contributed by atoms with Crippen LogP contribution in [-0.2, 0) is 10.3 Å². The summed E-state index contributed by atoms with van der Waals surface area (Å²) in [5.74, 6) is 0.115. The molecular formula is C16H23ClN2O. The maximum absolute atomic E-state index is 12.2. The molecule has 1 amide bonds. The summed E-state index contributed by atoms with van der Waals surface area (Å²) < 4.78 is 0. The molecule has 0 aliphatic carbocycles. The van der Waals surface area contributed by atoms with E-state index in [1.165, 1.54) is 6.42 Å². The van der Waals surface area contributed by atoms with Gasteiger partial charge in [-0.1, -0.05) is 23.7 Å². The number of carbonyl (C=O) groups excluding carboxylic acids is 1. The van der Waals surface area contributed by atoms with E-state index in [1.807, 2.05) is 38.1 Å². The summed E-state index contributed by atoms with van der Waals surface area (Å²) in [6.07, 6.45) is 2.88. The van der Waals surface area contributed by atoms with E-state index in [-0.39, 0.29) is 11.4 Å². The number of halogens is 1. The number of rotatable bonds is 4. The summed E-state index contributed by atoms with van der Waals surface area (Å²) >= 11 is 5.90. The van der Waals surface area contributed by atoms with Gasteiger partial charge in [0.15, 0.2) is 0 Å². The lowest BCUT2D eigenvalue weighted by Gasteiger charge is -2.28. The monoisotopic (exact) mass is 294 g/mol. The maximum Gasteiger partial charge on any atom is 0.222 e. The van der Waals surface area contributed by atoms with E-state index in [1.54, 1.807) is 0 Å². The minimum absolute atomic E-state index is 0.115. The maximum atomic E-state index is 12.2. The third-order valence-corrected chi connectivity index (χ3v) is 4.36. The normalized spacial score (nSPS) is 20.1. The van der Waals surface area contributed by atoms with Crippen LogP contribution in [-0.4, -0.2) is 30.4 Å². The van der Waals surface area contributed by atoms with Crippen LogP contribution in [0.5, 0.6) is 0 Å². The molecule has 1 fully saturated rings. The van der Waals surface area contributed by atoms with E-state index in [2.05, 4.69) is 17.3 Å². The third kappa shape index (κ3) is 3.74. The highest BCUT2D eigenvalue weighted by molar-refractivity contribution is 6.30. The Morgan fingerprint density at radius 2 is 2.05 bits per heavy atom. The number of nitrogens with zero attached hydrogens (tertiary/aromatic N) is 1. The van der Waals surface area contributed by atoms with Crippen LogP contribution in [0.15, 0.2) is 24.3 Å². The molecule has 2 rings (SSSR count). The van der Waals surface area contributed by atoms with Crippen molar-refractivity contribution in [2.24, 2.45) is 0 Å². The van der Waals surface area contributed by atoms with Crippen LogP contribution in [0.3, 0.4) is 0 Å². The molecule has 1 aliphatic rings. The summed E-state index contributed by atoms with van der Waals surface area (Å²) in [7, 11) is 2.09. The van der Waals surface area contributed by atoms with Gasteiger partial charge in [-0.15, -0.1) is 0 Å². The van der Waals surface area contributed by atoms with Crippen LogP contribution in [0, 0.1) is 0 Å². The van der Waals surface area contributed by atoms with E-state index >= 15 is 0 Å². The summed E-state index contributed by atoms with van der Waals surface area (Å²) in [4.78, 5) is 14.5. The van der Waals surface area contributed by atoms with Crippen LogP contribution in [0.4, 0.5) is 0 Å². The van der Waals surface area contributed by atoms with Gasteiger partial charge in [-0.05, 0) is 58.0 Å². The summed E-state index contributed by atoms with van der Waals surface area (Å²) in [6.45, 7) is 5.14. The van der Waals surface area contributed by atoms with Gasteiger partial charge in [0, 0.05) is 17.5 Å². The molecule has 1 aromatic carbocycles. The van der Waals surface area contributed by atoms with Crippen molar-refractivity contribution in [3.8, 4) is 0 Å². The largest absolute Gasteiger partial charge is 0.347 e. The lowest BCUT2D eigenvalue weighted by atomic mass is 9.94. The predicted octanol–water partition coefficient (Wildman–Crippen LogP) is 3.18. The van der Waals surface area contributed by atoms with Crippen LogP contribution in [0.25, 0.3) is 0 Å². The minimum Gasteiger partial charge on any atom is -0.347 e. The highest BCUT2D eigenvalue weighted by Crippen LogP contribution is 2.23. The van der Waals surface area contributed by atoms with Crippen molar-refractivity contribution < 1.29 is 4.79 Å². The van der Waals surface area contributed by atoms with Gasteiger partial charge >= 0.3 is 0 Å². The molecule has 1 N–H and O–H groups in total. The molecule has 1 heterocycles. The molecule has 0 unspecified atom stereocenters. The highest BCUT2D eigenvalue weighted by atomic mass is 35.5. The average molecular weight is 295 g/mol. The van der Waals surface area contributed by atoms with Gasteiger partial charge in [0.05, 0.1) is 5.54 Å². The van der Waals surface area contributed by atoms with Crippen LogP contribution in [0.1, 0.15) is 38.7 Å².